The summed E-state index contributed by atoms with van der Waals surface area (Å²) in [4.78, 5) is 23.0. The lowest BCUT2D eigenvalue weighted by Crippen LogP contribution is -2.11. The second-order valence-electron chi connectivity index (χ2n) is 7.85. The molecule has 3 N–H and O–H groups in total. The largest absolute Gasteiger partial charge is 0.381 e. The molecule has 0 unspecified atom stereocenters. The fourth-order valence-corrected chi connectivity index (χ4v) is 5.36. The molecule has 162 valence electrons. The molecule has 0 atom stereocenters. The highest BCUT2D eigenvalue weighted by Crippen LogP contribution is 2.39. The summed E-state index contributed by atoms with van der Waals surface area (Å²) < 4.78 is 6.60. The molecule has 0 aliphatic carbocycles. The third-order valence-electron chi connectivity index (χ3n) is 5.76. The number of carbonyl (C=O) groups is 1. The highest BCUT2D eigenvalue weighted by atomic mass is 32.1. The summed E-state index contributed by atoms with van der Waals surface area (Å²) in [7, 11) is 0. The van der Waals surface area contributed by atoms with Crippen LogP contribution in [0.15, 0.2) is 48.5 Å². The minimum atomic E-state index is -0.423. The number of hydrogen-bond acceptors (Lipinski definition) is 6. The minimum Gasteiger partial charge on any atom is -0.381 e. The van der Waals surface area contributed by atoms with E-state index in [0.29, 0.717) is 31.1 Å². The summed E-state index contributed by atoms with van der Waals surface area (Å²) in [6.07, 6.45) is 1.53. The smallest absolute Gasteiger partial charge is 0.250 e. The van der Waals surface area contributed by atoms with Crippen molar-refractivity contribution < 1.29 is 9.53 Å². The van der Waals surface area contributed by atoms with Crippen molar-refractivity contribution in [1.29, 1.82) is 0 Å². The van der Waals surface area contributed by atoms with Crippen molar-refractivity contribution >= 4 is 33.1 Å². The molecule has 1 aliphatic rings. The van der Waals surface area contributed by atoms with E-state index in [2.05, 4.69) is 17.4 Å². The summed E-state index contributed by atoms with van der Waals surface area (Å²) in [5, 5.41) is 4.50. The first kappa shape index (κ1) is 20.6. The quantitative estimate of drug-likeness (QED) is 0.473. The van der Waals surface area contributed by atoms with Gasteiger partial charge in [-0.05, 0) is 18.6 Å². The molecule has 2 aromatic heterocycles. The first-order valence-corrected chi connectivity index (χ1v) is 11.5. The van der Waals surface area contributed by atoms with Gasteiger partial charge in [-0.2, -0.15) is 0 Å². The Morgan fingerprint density at radius 2 is 1.91 bits per heavy atom. The number of aryl methyl sites for hydroxylation is 1. The van der Waals surface area contributed by atoms with Crippen LogP contribution in [0.4, 0.5) is 5.82 Å². The number of hydrogen-bond donors (Lipinski definition) is 2. The number of carbonyl (C=O) groups excluding carboxylic acids is 1. The Hall–Kier alpha value is -3.29. The Bertz CT molecular complexity index is 1300. The molecule has 0 bridgehead atoms. The van der Waals surface area contributed by atoms with Crippen LogP contribution in [0.3, 0.4) is 0 Å². The predicted octanol–water partition coefficient (Wildman–Crippen LogP) is 4.49. The molecule has 0 radical (unpaired) electrons. The zero-order valence-electron chi connectivity index (χ0n) is 17.9. The third-order valence-corrected chi connectivity index (χ3v) is 6.91. The van der Waals surface area contributed by atoms with Crippen LogP contribution < -0.4 is 11.1 Å². The number of ether oxygens (including phenoxy) is 1. The van der Waals surface area contributed by atoms with Crippen molar-refractivity contribution in [2.45, 2.75) is 26.3 Å². The Kier molecular flexibility index (Phi) is 5.59. The van der Waals surface area contributed by atoms with Crippen molar-refractivity contribution in [2.75, 3.05) is 18.5 Å². The van der Waals surface area contributed by atoms with E-state index in [-0.39, 0.29) is 0 Å². The summed E-state index contributed by atoms with van der Waals surface area (Å²) in [6.45, 7) is 4.04. The lowest BCUT2D eigenvalue weighted by atomic mass is 10.1. The first-order chi connectivity index (χ1) is 15.6. The maximum atomic E-state index is 11.9. The van der Waals surface area contributed by atoms with Crippen molar-refractivity contribution in [1.82, 2.24) is 9.97 Å². The Balaban J connectivity index is 1.63. The number of aromatic nitrogens is 2. The lowest BCUT2D eigenvalue weighted by Gasteiger charge is -2.15. The van der Waals surface area contributed by atoms with Gasteiger partial charge in [0.1, 0.15) is 5.82 Å². The Labute approximate surface area is 190 Å². The van der Waals surface area contributed by atoms with Crippen LogP contribution >= 0.6 is 11.3 Å². The number of nitrogens with one attached hydrogen (secondary N) is 1. The topological polar surface area (TPSA) is 90.1 Å². The molecule has 0 saturated heterocycles. The van der Waals surface area contributed by atoms with E-state index in [1.54, 1.807) is 17.4 Å². The highest BCUT2D eigenvalue weighted by molar-refractivity contribution is 7.20. The van der Waals surface area contributed by atoms with Crippen molar-refractivity contribution in [3.63, 3.8) is 0 Å². The van der Waals surface area contributed by atoms with Gasteiger partial charge >= 0.3 is 0 Å². The van der Waals surface area contributed by atoms with Gasteiger partial charge in [0.05, 0.1) is 24.5 Å². The van der Waals surface area contributed by atoms with Gasteiger partial charge in [-0.15, -0.1) is 11.3 Å². The molecule has 0 spiro atoms. The predicted molar refractivity (Wildman–Crippen MR) is 128 cm³/mol. The van der Waals surface area contributed by atoms with Crippen LogP contribution in [0.2, 0.25) is 0 Å². The Morgan fingerprint density at radius 1 is 1.09 bits per heavy atom. The van der Waals surface area contributed by atoms with Gasteiger partial charge in [0, 0.05) is 45.5 Å². The molecule has 3 heterocycles. The van der Waals surface area contributed by atoms with Crippen molar-refractivity contribution in [2.24, 2.45) is 5.73 Å². The molecule has 7 heteroatoms. The summed E-state index contributed by atoms with van der Waals surface area (Å²) in [5.74, 6) is 1.10. The minimum absolute atomic E-state index is 0.423. The molecule has 4 aromatic rings. The number of anilines is 1. The fourth-order valence-electron chi connectivity index (χ4n) is 4.19. The van der Waals surface area contributed by atoms with E-state index in [4.69, 9.17) is 20.4 Å². The van der Waals surface area contributed by atoms with E-state index >= 15 is 0 Å². The first-order valence-electron chi connectivity index (χ1n) is 10.7. The maximum Gasteiger partial charge on any atom is 0.250 e. The maximum absolute atomic E-state index is 11.9. The molecule has 0 fully saturated rings. The second kappa shape index (κ2) is 8.68. The van der Waals surface area contributed by atoms with Crippen molar-refractivity contribution in [3.8, 4) is 11.4 Å². The molecule has 2 aromatic carbocycles. The van der Waals surface area contributed by atoms with Gasteiger partial charge in [0.25, 0.3) is 0 Å². The zero-order chi connectivity index (χ0) is 22.1. The molecular formula is C25H24N4O2S. The van der Waals surface area contributed by atoms with E-state index in [0.717, 1.165) is 50.4 Å². The Morgan fingerprint density at radius 3 is 2.72 bits per heavy atom. The third kappa shape index (κ3) is 3.85. The molecule has 5 rings (SSSR count). The lowest BCUT2D eigenvalue weighted by molar-refractivity contribution is 0.100. The molecule has 1 aliphatic heterocycles. The van der Waals surface area contributed by atoms with E-state index in [9.17, 15) is 4.79 Å². The SMILES string of the molecule is Cc1sc2c(C(N)=O)cccc2c1-c1nc2c(c(NCc3ccccc3)n1)CCOCC2. The van der Waals surface area contributed by atoms with Crippen molar-refractivity contribution in [3.05, 3.63) is 75.8 Å². The van der Waals surface area contributed by atoms with Crippen LogP contribution in [-0.2, 0) is 24.1 Å². The summed E-state index contributed by atoms with van der Waals surface area (Å²) in [5.41, 5.74) is 10.4. The standard InChI is InChI=1S/C25H24N4O2S/c1-15-21(18-8-5-9-19(23(26)30)22(18)32-15)25-28-20-11-13-31-12-10-17(20)24(29-25)27-14-16-6-3-2-4-7-16/h2-9H,10-14H2,1H3,(H2,26,30)(H,27,28,29). The zero-order valence-corrected chi connectivity index (χ0v) is 18.7. The monoisotopic (exact) mass is 444 g/mol. The molecule has 0 saturated carbocycles. The van der Waals surface area contributed by atoms with Gasteiger partial charge in [-0.1, -0.05) is 42.5 Å². The molecule has 6 nitrogen and oxygen atoms in total. The average molecular weight is 445 g/mol. The van der Waals surface area contributed by atoms with Gasteiger partial charge in [-0.3, -0.25) is 4.79 Å². The number of amides is 1. The van der Waals surface area contributed by atoms with E-state index in [1.807, 2.05) is 37.3 Å². The van der Waals surface area contributed by atoms with Gasteiger partial charge in [0.15, 0.2) is 5.82 Å². The van der Waals surface area contributed by atoms with Crippen LogP contribution in [0, 0.1) is 6.92 Å². The summed E-state index contributed by atoms with van der Waals surface area (Å²) >= 11 is 1.56. The number of fused-ring (bicyclic) bond motifs is 2. The van der Waals surface area contributed by atoms with E-state index in [1.165, 1.54) is 5.56 Å². The normalized spacial score (nSPS) is 13.5. The average Bonchev–Trinajstić information content (AvgIpc) is 2.96. The van der Waals surface area contributed by atoms with Gasteiger partial charge < -0.3 is 15.8 Å². The summed E-state index contributed by atoms with van der Waals surface area (Å²) in [6, 6.07) is 15.9. The molecule has 32 heavy (non-hydrogen) atoms. The molecular weight excluding hydrogens is 420 g/mol. The number of nitrogens with zero attached hydrogens (tertiary/aromatic N) is 2. The number of thiophene rings is 1. The number of benzene rings is 2. The molecule has 1 amide bonds. The van der Waals surface area contributed by atoms with E-state index < -0.39 is 5.91 Å². The van der Waals surface area contributed by atoms with Crippen LogP contribution in [0.1, 0.15) is 32.1 Å². The second-order valence-corrected chi connectivity index (χ2v) is 9.08. The number of primary amides is 1. The number of rotatable bonds is 5. The van der Waals surface area contributed by atoms with Crippen LogP contribution in [0.25, 0.3) is 21.5 Å². The fraction of sp³-hybridized carbons (Fsp3) is 0.240. The number of nitrogens with two attached hydrogens (primary N) is 1. The highest BCUT2D eigenvalue weighted by Gasteiger charge is 2.22. The van der Waals surface area contributed by atoms with Crippen LogP contribution in [-0.4, -0.2) is 29.1 Å². The van der Waals surface area contributed by atoms with Gasteiger partial charge in [-0.25, -0.2) is 9.97 Å². The van der Waals surface area contributed by atoms with Crippen LogP contribution in [0.5, 0.6) is 0 Å². The van der Waals surface area contributed by atoms with Gasteiger partial charge in [0.2, 0.25) is 5.91 Å².